The number of hydrogen-bond donors (Lipinski definition) is 2. The zero-order valence-electron chi connectivity index (χ0n) is 12.1. The third-order valence-electron chi connectivity index (χ3n) is 3.25. The topological polar surface area (TPSA) is 76.0 Å². The summed E-state index contributed by atoms with van der Waals surface area (Å²) in [5.41, 5.74) is 2.30. The molecule has 2 aromatic rings. The van der Waals surface area contributed by atoms with Crippen molar-refractivity contribution in [2.45, 2.75) is 13.5 Å². The molecule has 110 valence electrons. The van der Waals surface area contributed by atoms with E-state index < -0.39 is 0 Å². The van der Waals surface area contributed by atoms with E-state index in [1.54, 1.807) is 29.2 Å². The van der Waals surface area contributed by atoms with E-state index in [4.69, 9.17) is 0 Å². The van der Waals surface area contributed by atoms with Gasteiger partial charge in [-0.2, -0.15) is 0 Å². The highest BCUT2D eigenvalue weighted by Crippen LogP contribution is 2.15. The van der Waals surface area contributed by atoms with Crippen molar-refractivity contribution in [2.75, 3.05) is 18.9 Å². The number of aldehydes is 1. The lowest BCUT2D eigenvalue weighted by Gasteiger charge is -2.08. The molecule has 6 heteroatoms. The molecule has 0 bridgehead atoms. The Balaban J connectivity index is 2.21. The molecule has 2 aromatic heterocycles. The summed E-state index contributed by atoms with van der Waals surface area (Å²) in [6, 6.07) is 3.47. The van der Waals surface area contributed by atoms with Crippen LogP contribution >= 0.6 is 0 Å². The van der Waals surface area contributed by atoms with Gasteiger partial charge in [-0.3, -0.25) is 14.6 Å². The number of nitrogens with one attached hydrogen (secondary N) is 2. The molecule has 21 heavy (non-hydrogen) atoms. The van der Waals surface area contributed by atoms with E-state index in [1.807, 2.05) is 20.0 Å². The van der Waals surface area contributed by atoms with Crippen molar-refractivity contribution in [1.82, 2.24) is 14.9 Å². The van der Waals surface area contributed by atoms with Crippen LogP contribution in [0.5, 0.6) is 0 Å². The summed E-state index contributed by atoms with van der Waals surface area (Å²) in [5, 5.41) is 5.79. The number of amides is 1. The van der Waals surface area contributed by atoms with Gasteiger partial charge in [0.25, 0.3) is 5.91 Å². The Bertz CT molecular complexity index is 649. The number of likely N-dealkylation sites (N-methyl/N-ethyl adjacent to an activating group) is 1. The van der Waals surface area contributed by atoms with E-state index >= 15 is 0 Å². The van der Waals surface area contributed by atoms with E-state index in [0.29, 0.717) is 29.8 Å². The average Bonchev–Trinajstić information content (AvgIpc) is 2.90. The molecule has 0 aromatic carbocycles. The summed E-state index contributed by atoms with van der Waals surface area (Å²) in [4.78, 5) is 27.6. The van der Waals surface area contributed by atoms with Crippen LogP contribution < -0.4 is 10.6 Å². The lowest BCUT2D eigenvalue weighted by molar-refractivity contribution is 0.101. The summed E-state index contributed by atoms with van der Waals surface area (Å²) in [5.74, 6) is -0.309. The summed E-state index contributed by atoms with van der Waals surface area (Å²) in [6.45, 7) is 3.23. The molecule has 0 saturated heterocycles. The number of rotatable bonds is 6. The molecule has 0 radical (unpaired) electrons. The number of aromatic nitrogens is 2. The first-order valence-corrected chi connectivity index (χ1v) is 6.68. The Morgan fingerprint density at radius 3 is 2.90 bits per heavy atom. The van der Waals surface area contributed by atoms with Gasteiger partial charge in [-0.05, 0) is 31.7 Å². The predicted molar refractivity (Wildman–Crippen MR) is 80.7 cm³/mol. The molecule has 0 atom stereocenters. The van der Waals surface area contributed by atoms with Gasteiger partial charge in [0.15, 0.2) is 6.29 Å². The molecule has 2 rings (SSSR count). The number of anilines is 1. The molecule has 0 aliphatic rings. The van der Waals surface area contributed by atoms with Crippen molar-refractivity contribution >= 4 is 17.9 Å². The zero-order valence-corrected chi connectivity index (χ0v) is 12.1. The van der Waals surface area contributed by atoms with Gasteiger partial charge in [-0.25, -0.2) is 0 Å². The van der Waals surface area contributed by atoms with Crippen molar-refractivity contribution < 1.29 is 9.59 Å². The Morgan fingerprint density at radius 1 is 1.43 bits per heavy atom. The van der Waals surface area contributed by atoms with Gasteiger partial charge < -0.3 is 15.2 Å². The minimum absolute atomic E-state index is 0.309. The van der Waals surface area contributed by atoms with Crippen molar-refractivity contribution in [3.8, 4) is 0 Å². The van der Waals surface area contributed by atoms with Crippen LogP contribution in [0.15, 0.2) is 30.7 Å². The maximum Gasteiger partial charge on any atom is 0.258 e. The smallest absolute Gasteiger partial charge is 0.258 e. The first-order chi connectivity index (χ1) is 10.2. The molecule has 0 saturated carbocycles. The van der Waals surface area contributed by atoms with Gasteiger partial charge in [0.2, 0.25) is 0 Å². The predicted octanol–water partition coefficient (Wildman–Crippen LogP) is 1.48. The van der Waals surface area contributed by atoms with Gasteiger partial charge in [-0.1, -0.05) is 0 Å². The third-order valence-corrected chi connectivity index (χ3v) is 3.25. The van der Waals surface area contributed by atoms with Gasteiger partial charge >= 0.3 is 0 Å². The number of aryl methyl sites for hydroxylation is 1. The van der Waals surface area contributed by atoms with Crippen molar-refractivity contribution in [1.29, 1.82) is 0 Å². The first kappa shape index (κ1) is 14.9. The Hall–Kier alpha value is -2.47. The summed E-state index contributed by atoms with van der Waals surface area (Å²) >= 11 is 0. The van der Waals surface area contributed by atoms with Crippen LogP contribution in [-0.4, -0.2) is 35.3 Å². The first-order valence-electron chi connectivity index (χ1n) is 6.68. The fraction of sp³-hybridized carbons (Fsp3) is 0.267. The molecular weight excluding hydrogens is 268 g/mol. The second-order valence-electron chi connectivity index (χ2n) is 4.67. The van der Waals surface area contributed by atoms with Crippen molar-refractivity contribution in [3.05, 3.63) is 47.5 Å². The van der Waals surface area contributed by atoms with Crippen molar-refractivity contribution in [3.63, 3.8) is 0 Å². The van der Waals surface area contributed by atoms with Crippen LogP contribution in [0.25, 0.3) is 0 Å². The molecule has 2 N–H and O–H groups in total. The van der Waals surface area contributed by atoms with E-state index in [-0.39, 0.29) is 5.91 Å². The third kappa shape index (κ3) is 3.35. The maximum atomic E-state index is 12.3. The highest BCUT2D eigenvalue weighted by molar-refractivity contribution is 6.08. The van der Waals surface area contributed by atoms with E-state index in [9.17, 15) is 9.59 Å². The molecule has 0 aliphatic heterocycles. The molecular formula is C15H18N4O2. The van der Waals surface area contributed by atoms with Crippen LogP contribution in [0.2, 0.25) is 0 Å². The standard InChI is InChI=1S/C15H18N4O2/c1-11-3-5-17-9-13(11)18-15(21)12-4-7-19(8-6-16-2)14(12)10-20/h3-5,7,9-10,16H,6,8H2,1-2H3,(H,18,21). The van der Waals surface area contributed by atoms with E-state index in [0.717, 1.165) is 12.1 Å². The molecule has 0 spiro atoms. The zero-order chi connectivity index (χ0) is 15.2. The van der Waals surface area contributed by atoms with Crippen LogP contribution in [0.1, 0.15) is 26.4 Å². The highest BCUT2D eigenvalue weighted by Gasteiger charge is 2.16. The second kappa shape index (κ2) is 6.81. The Kier molecular flexibility index (Phi) is 4.84. The summed E-state index contributed by atoms with van der Waals surface area (Å²) in [6.07, 6.45) is 5.70. The number of nitrogens with zero attached hydrogens (tertiary/aromatic N) is 2. The number of pyridine rings is 1. The van der Waals surface area contributed by atoms with Gasteiger partial charge in [0.05, 0.1) is 23.1 Å². The normalized spacial score (nSPS) is 10.4. The Labute approximate surface area is 123 Å². The molecule has 1 amide bonds. The van der Waals surface area contributed by atoms with Crippen LogP contribution in [0.4, 0.5) is 5.69 Å². The summed E-state index contributed by atoms with van der Waals surface area (Å²) in [7, 11) is 1.84. The SMILES string of the molecule is CNCCn1ccc(C(=O)Nc2cnccc2C)c1C=O. The average molecular weight is 286 g/mol. The fourth-order valence-corrected chi connectivity index (χ4v) is 2.02. The summed E-state index contributed by atoms with van der Waals surface area (Å²) < 4.78 is 1.76. The van der Waals surface area contributed by atoms with Crippen LogP contribution in [-0.2, 0) is 6.54 Å². The van der Waals surface area contributed by atoms with Gasteiger partial charge in [0, 0.05) is 25.5 Å². The van der Waals surface area contributed by atoms with Crippen LogP contribution in [0.3, 0.4) is 0 Å². The number of hydrogen-bond acceptors (Lipinski definition) is 4. The van der Waals surface area contributed by atoms with Crippen LogP contribution in [0, 0.1) is 6.92 Å². The highest BCUT2D eigenvalue weighted by atomic mass is 16.2. The quantitative estimate of drug-likeness (QED) is 0.789. The minimum atomic E-state index is -0.309. The Morgan fingerprint density at radius 2 is 2.24 bits per heavy atom. The van der Waals surface area contributed by atoms with E-state index in [2.05, 4.69) is 15.6 Å². The largest absolute Gasteiger partial charge is 0.343 e. The van der Waals surface area contributed by atoms with Gasteiger partial charge in [-0.15, -0.1) is 0 Å². The molecule has 0 aliphatic carbocycles. The number of carbonyl (C=O) groups excluding carboxylic acids is 2. The minimum Gasteiger partial charge on any atom is -0.343 e. The lowest BCUT2D eigenvalue weighted by Crippen LogP contribution is -2.18. The fourth-order valence-electron chi connectivity index (χ4n) is 2.02. The van der Waals surface area contributed by atoms with Crippen molar-refractivity contribution in [2.24, 2.45) is 0 Å². The maximum absolute atomic E-state index is 12.3. The lowest BCUT2D eigenvalue weighted by atomic mass is 10.2. The van der Waals surface area contributed by atoms with Gasteiger partial charge in [0.1, 0.15) is 0 Å². The molecule has 0 unspecified atom stereocenters. The monoisotopic (exact) mass is 286 g/mol. The van der Waals surface area contributed by atoms with E-state index in [1.165, 1.54) is 0 Å². The second-order valence-corrected chi connectivity index (χ2v) is 4.67. The molecule has 6 nitrogen and oxygen atoms in total. The molecule has 0 fully saturated rings. The number of carbonyl (C=O) groups is 2. The molecule has 2 heterocycles.